The van der Waals surface area contributed by atoms with Gasteiger partial charge in [0, 0.05) is 0 Å². The van der Waals surface area contributed by atoms with E-state index in [2.05, 4.69) is 34.6 Å². The molecule has 0 bridgehead atoms. The summed E-state index contributed by atoms with van der Waals surface area (Å²) < 4.78 is 0. The maximum absolute atomic E-state index is 2.50. The van der Waals surface area contributed by atoms with Gasteiger partial charge in [0.05, 0.1) is 0 Å². The van der Waals surface area contributed by atoms with Crippen LogP contribution in [0.25, 0.3) is 0 Å². The lowest BCUT2D eigenvalue weighted by atomic mass is 9.94. The fourth-order valence-corrected chi connectivity index (χ4v) is 5.36. The van der Waals surface area contributed by atoms with Crippen molar-refractivity contribution in [2.45, 2.75) is 195 Å². The summed E-state index contributed by atoms with van der Waals surface area (Å²) >= 11 is 0. The normalized spacial score (nSPS) is 13.6. The van der Waals surface area contributed by atoms with E-state index in [1.807, 2.05) is 0 Å². The molecule has 0 amide bonds. The molecule has 0 spiro atoms. The molecule has 0 nitrogen and oxygen atoms in total. The Labute approximate surface area is 212 Å². The smallest absolute Gasteiger partial charge is 0.0443 e. The molecule has 0 aromatic rings. The van der Waals surface area contributed by atoms with Crippen LogP contribution in [0.15, 0.2) is 0 Å². The molecule has 0 saturated heterocycles. The van der Waals surface area contributed by atoms with Crippen molar-refractivity contribution >= 4 is 0 Å². The number of hydrogen-bond donors (Lipinski definition) is 0. The zero-order chi connectivity index (χ0) is 24.4. The second-order valence-corrected chi connectivity index (χ2v) is 12.3. The Kier molecular flexibility index (Phi) is 26.6. The average Bonchev–Trinajstić information content (AvgIpc) is 2.78. The second kappa shape index (κ2) is 26.6. The van der Waals surface area contributed by atoms with Crippen molar-refractivity contribution in [3.8, 4) is 0 Å². The summed E-state index contributed by atoms with van der Waals surface area (Å²) in [5.41, 5.74) is 0. The van der Waals surface area contributed by atoms with Gasteiger partial charge < -0.3 is 0 Å². The Morgan fingerprint density at radius 3 is 0.818 bits per heavy atom. The standard InChI is InChI=1S/C33H68/c1-6-7-8-9-10-13-17-22-27-32(4)29-24-19-15-20-25-30-33(5)28-23-18-14-11-12-16-21-26-31(2)3/h31-33H,6-30H2,1-5H3. The summed E-state index contributed by atoms with van der Waals surface area (Å²) in [4.78, 5) is 0. The van der Waals surface area contributed by atoms with Gasteiger partial charge in [-0.2, -0.15) is 0 Å². The van der Waals surface area contributed by atoms with Crippen molar-refractivity contribution in [2.75, 3.05) is 0 Å². The lowest BCUT2D eigenvalue weighted by Gasteiger charge is -2.12. The predicted molar refractivity (Wildman–Crippen MR) is 154 cm³/mol. The van der Waals surface area contributed by atoms with Crippen LogP contribution in [0.4, 0.5) is 0 Å². The van der Waals surface area contributed by atoms with Crippen molar-refractivity contribution in [2.24, 2.45) is 17.8 Å². The Hall–Kier alpha value is 0. The van der Waals surface area contributed by atoms with Crippen LogP contribution in [0.2, 0.25) is 0 Å². The zero-order valence-corrected chi connectivity index (χ0v) is 24.4. The van der Waals surface area contributed by atoms with Crippen LogP contribution in [-0.2, 0) is 0 Å². The van der Waals surface area contributed by atoms with E-state index in [0.717, 1.165) is 17.8 Å². The zero-order valence-electron chi connectivity index (χ0n) is 24.4. The molecule has 0 aromatic heterocycles. The molecular weight excluding hydrogens is 396 g/mol. The Morgan fingerprint density at radius 2 is 0.545 bits per heavy atom. The maximum atomic E-state index is 2.50. The molecule has 0 aliphatic rings. The summed E-state index contributed by atoms with van der Waals surface area (Å²) in [6.45, 7) is 12.0. The predicted octanol–water partition coefficient (Wildman–Crippen LogP) is 12.7. The highest BCUT2D eigenvalue weighted by atomic mass is 14.1. The first kappa shape index (κ1) is 33.0. The highest BCUT2D eigenvalue weighted by Gasteiger charge is 2.04. The van der Waals surface area contributed by atoms with Gasteiger partial charge in [-0.15, -0.1) is 0 Å². The minimum Gasteiger partial charge on any atom is -0.0654 e. The van der Waals surface area contributed by atoms with Crippen LogP contribution in [0.3, 0.4) is 0 Å². The van der Waals surface area contributed by atoms with Crippen LogP contribution in [0.1, 0.15) is 195 Å². The van der Waals surface area contributed by atoms with Gasteiger partial charge in [0.1, 0.15) is 0 Å². The highest BCUT2D eigenvalue weighted by Crippen LogP contribution is 2.21. The first-order valence-corrected chi connectivity index (χ1v) is 16.1. The molecule has 0 rings (SSSR count). The number of rotatable bonds is 27. The fraction of sp³-hybridized carbons (Fsp3) is 1.00. The number of hydrogen-bond acceptors (Lipinski definition) is 0. The molecule has 200 valence electrons. The molecule has 0 heterocycles. The Bertz CT molecular complexity index is 344. The summed E-state index contributed by atoms with van der Waals surface area (Å²) in [7, 11) is 0. The van der Waals surface area contributed by atoms with Crippen LogP contribution >= 0.6 is 0 Å². The second-order valence-electron chi connectivity index (χ2n) is 12.3. The van der Waals surface area contributed by atoms with Crippen molar-refractivity contribution in [1.29, 1.82) is 0 Å². The molecule has 0 fully saturated rings. The molecular formula is C33H68. The molecule has 0 aliphatic carbocycles. The largest absolute Gasteiger partial charge is 0.0654 e. The molecule has 0 N–H and O–H groups in total. The van der Waals surface area contributed by atoms with Gasteiger partial charge in [0.15, 0.2) is 0 Å². The van der Waals surface area contributed by atoms with E-state index in [0.29, 0.717) is 0 Å². The van der Waals surface area contributed by atoms with Crippen molar-refractivity contribution in [3.05, 3.63) is 0 Å². The summed E-state index contributed by atoms with van der Waals surface area (Å²) in [6.07, 6.45) is 36.7. The van der Waals surface area contributed by atoms with Gasteiger partial charge in [-0.1, -0.05) is 195 Å². The molecule has 0 aliphatic heterocycles. The third-order valence-corrected chi connectivity index (χ3v) is 7.92. The maximum Gasteiger partial charge on any atom is -0.0443 e. The van der Waals surface area contributed by atoms with Crippen LogP contribution in [-0.4, -0.2) is 0 Å². The van der Waals surface area contributed by atoms with Gasteiger partial charge in [0.2, 0.25) is 0 Å². The van der Waals surface area contributed by atoms with Gasteiger partial charge in [-0.3, -0.25) is 0 Å². The van der Waals surface area contributed by atoms with Crippen molar-refractivity contribution < 1.29 is 0 Å². The Balaban J connectivity index is 3.26. The quantitative estimate of drug-likeness (QED) is 0.106. The minimum atomic E-state index is 0.893. The topological polar surface area (TPSA) is 0 Å². The Morgan fingerprint density at radius 1 is 0.303 bits per heavy atom. The molecule has 2 atom stereocenters. The van der Waals surface area contributed by atoms with E-state index >= 15 is 0 Å². The van der Waals surface area contributed by atoms with E-state index in [1.54, 1.807) is 0 Å². The highest BCUT2D eigenvalue weighted by molar-refractivity contribution is 4.58. The first-order chi connectivity index (χ1) is 16.1. The van der Waals surface area contributed by atoms with E-state index in [4.69, 9.17) is 0 Å². The monoisotopic (exact) mass is 465 g/mol. The first-order valence-electron chi connectivity index (χ1n) is 16.1. The number of unbranched alkanes of at least 4 members (excludes halogenated alkanes) is 17. The summed E-state index contributed by atoms with van der Waals surface area (Å²) in [6, 6.07) is 0. The average molecular weight is 465 g/mol. The van der Waals surface area contributed by atoms with E-state index < -0.39 is 0 Å². The van der Waals surface area contributed by atoms with E-state index in [9.17, 15) is 0 Å². The third-order valence-electron chi connectivity index (χ3n) is 7.92. The van der Waals surface area contributed by atoms with Gasteiger partial charge in [-0.05, 0) is 17.8 Å². The van der Waals surface area contributed by atoms with Gasteiger partial charge >= 0.3 is 0 Å². The SMILES string of the molecule is CCCCCCCCCCC(C)CCCCCCCC(C)CCCCCCCCCC(C)C. The molecule has 0 saturated carbocycles. The lowest BCUT2D eigenvalue weighted by Crippen LogP contribution is -1.96. The molecule has 33 heavy (non-hydrogen) atoms. The molecule has 0 aromatic carbocycles. The van der Waals surface area contributed by atoms with E-state index in [1.165, 1.54) is 161 Å². The van der Waals surface area contributed by atoms with Crippen LogP contribution in [0, 0.1) is 17.8 Å². The minimum absolute atomic E-state index is 0.893. The van der Waals surface area contributed by atoms with Crippen LogP contribution < -0.4 is 0 Å². The molecule has 0 radical (unpaired) electrons. The van der Waals surface area contributed by atoms with Gasteiger partial charge in [-0.25, -0.2) is 0 Å². The van der Waals surface area contributed by atoms with Crippen molar-refractivity contribution in [3.63, 3.8) is 0 Å². The van der Waals surface area contributed by atoms with Crippen molar-refractivity contribution in [1.82, 2.24) is 0 Å². The van der Waals surface area contributed by atoms with Crippen LogP contribution in [0.5, 0.6) is 0 Å². The summed E-state index contributed by atoms with van der Waals surface area (Å²) in [5.74, 6) is 2.82. The summed E-state index contributed by atoms with van der Waals surface area (Å²) in [5, 5.41) is 0. The third kappa shape index (κ3) is 28.1. The molecule has 0 heteroatoms. The molecule has 2 unspecified atom stereocenters. The fourth-order valence-electron chi connectivity index (χ4n) is 5.36. The van der Waals surface area contributed by atoms with E-state index in [-0.39, 0.29) is 0 Å². The van der Waals surface area contributed by atoms with Gasteiger partial charge in [0.25, 0.3) is 0 Å². The lowest BCUT2D eigenvalue weighted by molar-refractivity contribution is 0.416.